The smallest absolute Gasteiger partial charge is 0.171 e. The number of ether oxygens (including phenoxy) is 1. The molecular formula is C21H26N2OS. The van der Waals surface area contributed by atoms with Gasteiger partial charge in [-0.3, -0.25) is 0 Å². The van der Waals surface area contributed by atoms with Gasteiger partial charge in [-0.1, -0.05) is 31.0 Å². The van der Waals surface area contributed by atoms with Crippen LogP contribution in [0.15, 0.2) is 42.5 Å². The van der Waals surface area contributed by atoms with E-state index >= 15 is 0 Å². The third-order valence-electron chi connectivity index (χ3n) is 4.93. The number of anilines is 1. The van der Waals surface area contributed by atoms with Crippen LogP contribution in [0.5, 0.6) is 5.75 Å². The summed E-state index contributed by atoms with van der Waals surface area (Å²) in [7, 11) is 1.70. The molecule has 2 N–H and O–H groups in total. The van der Waals surface area contributed by atoms with E-state index in [-0.39, 0.29) is 5.54 Å². The Morgan fingerprint density at radius 2 is 1.60 bits per heavy atom. The topological polar surface area (TPSA) is 33.3 Å². The Morgan fingerprint density at radius 3 is 2.16 bits per heavy atom. The van der Waals surface area contributed by atoms with Crippen LogP contribution in [-0.2, 0) is 5.54 Å². The van der Waals surface area contributed by atoms with Gasteiger partial charge in [0.05, 0.1) is 12.6 Å². The molecule has 0 aliphatic heterocycles. The van der Waals surface area contributed by atoms with Gasteiger partial charge in [0.25, 0.3) is 0 Å². The van der Waals surface area contributed by atoms with Crippen molar-refractivity contribution in [2.75, 3.05) is 12.4 Å². The Labute approximate surface area is 155 Å². The number of hydrogen-bond donors (Lipinski definition) is 2. The van der Waals surface area contributed by atoms with Crippen LogP contribution in [0, 0.1) is 13.8 Å². The van der Waals surface area contributed by atoms with Gasteiger partial charge in [-0.25, -0.2) is 0 Å². The van der Waals surface area contributed by atoms with E-state index in [1.807, 2.05) is 12.1 Å². The zero-order valence-electron chi connectivity index (χ0n) is 15.2. The second kappa shape index (κ2) is 7.44. The standard InChI is InChI=1S/C21H26N2OS/c1-15-12-16(2)14-18(13-15)22-20(25)23-21(10-4-5-11-21)17-6-8-19(24-3)9-7-17/h6-9,12-14H,4-5,10-11H2,1-3H3,(H2,22,23,25). The van der Waals surface area contributed by atoms with E-state index in [1.54, 1.807) is 7.11 Å². The molecule has 3 rings (SSSR count). The monoisotopic (exact) mass is 354 g/mol. The van der Waals surface area contributed by atoms with Crippen LogP contribution in [0.1, 0.15) is 42.4 Å². The normalized spacial score (nSPS) is 15.6. The molecule has 0 atom stereocenters. The van der Waals surface area contributed by atoms with E-state index in [4.69, 9.17) is 17.0 Å². The molecule has 2 aromatic carbocycles. The highest BCUT2D eigenvalue weighted by Gasteiger charge is 2.36. The van der Waals surface area contributed by atoms with E-state index in [2.05, 4.69) is 54.8 Å². The van der Waals surface area contributed by atoms with E-state index < -0.39 is 0 Å². The zero-order valence-corrected chi connectivity index (χ0v) is 16.0. The zero-order chi connectivity index (χ0) is 17.9. The number of nitrogens with one attached hydrogen (secondary N) is 2. The first-order valence-electron chi connectivity index (χ1n) is 8.83. The number of methoxy groups -OCH3 is 1. The SMILES string of the molecule is COc1ccc(C2(NC(=S)Nc3cc(C)cc(C)c3)CCCC2)cc1. The van der Waals surface area contributed by atoms with Crippen molar-refractivity contribution in [2.45, 2.75) is 45.1 Å². The lowest BCUT2D eigenvalue weighted by Crippen LogP contribution is -2.45. The van der Waals surface area contributed by atoms with Crippen LogP contribution in [0.3, 0.4) is 0 Å². The highest BCUT2D eigenvalue weighted by Crippen LogP contribution is 2.39. The average molecular weight is 355 g/mol. The number of aryl methyl sites for hydroxylation is 2. The summed E-state index contributed by atoms with van der Waals surface area (Å²) in [5.41, 5.74) is 4.69. The average Bonchev–Trinajstić information content (AvgIpc) is 3.03. The predicted molar refractivity (Wildman–Crippen MR) is 108 cm³/mol. The fourth-order valence-corrected chi connectivity index (χ4v) is 4.11. The summed E-state index contributed by atoms with van der Waals surface area (Å²) in [5.74, 6) is 0.882. The fraction of sp³-hybridized carbons (Fsp3) is 0.381. The molecule has 0 bridgehead atoms. The molecule has 1 saturated carbocycles. The van der Waals surface area contributed by atoms with E-state index in [1.165, 1.54) is 29.5 Å². The number of thiocarbonyl (C=S) groups is 1. The highest BCUT2D eigenvalue weighted by atomic mass is 32.1. The third kappa shape index (κ3) is 4.13. The first-order chi connectivity index (χ1) is 12.0. The van der Waals surface area contributed by atoms with Gasteiger partial charge in [-0.2, -0.15) is 0 Å². The highest BCUT2D eigenvalue weighted by molar-refractivity contribution is 7.80. The molecule has 1 aliphatic rings. The number of benzene rings is 2. The molecule has 0 aromatic heterocycles. The van der Waals surface area contributed by atoms with Crippen molar-refractivity contribution in [1.29, 1.82) is 0 Å². The minimum absolute atomic E-state index is 0.0881. The minimum atomic E-state index is -0.0881. The van der Waals surface area contributed by atoms with Crippen LogP contribution in [-0.4, -0.2) is 12.2 Å². The molecular weight excluding hydrogens is 328 g/mol. The minimum Gasteiger partial charge on any atom is -0.497 e. The maximum absolute atomic E-state index is 5.63. The molecule has 132 valence electrons. The van der Waals surface area contributed by atoms with Gasteiger partial charge in [-0.15, -0.1) is 0 Å². The molecule has 0 radical (unpaired) electrons. The summed E-state index contributed by atoms with van der Waals surface area (Å²) >= 11 is 5.63. The van der Waals surface area contributed by atoms with E-state index in [0.717, 1.165) is 24.3 Å². The van der Waals surface area contributed by atoms with Gasteiger partial charge < -0.3 is 15.4 Å². The van der Waals surface area contributed by atoms with Crippen molar-refractivity contribution in [3.05, 3.63) is 59.2 Å². The molecule has 0 saturated heterocycles. The summed E-state index contributed by atoms with van der Waals surface area (Å²) < 4.78 is 5.29. The summed E-state index contributed by atoms with van der Waals surface area (Å²) in [6.45, 7) is 4.20. The molecule has 0 amide bonds. The second-order valence-electron chi connectivity index (χ2n) is 6.97. The van der Waals surface area contributed by atoms with Gasteiger partial charge in [0.1, 0.15) is 5.75 Å². The summed E-state index contributed by atoms with van der Waals surface area (Å²) in [6, 6.07) is 14.8. The first-order valence-corrected chi connectivity index (χ1v) is 9.24. The molecule has 1 aliphatic carbocycles. The van der Waals surface area contributed by atoms with Gasteiger partial charge >= 0.3 is 0 Å². The van der Waals surface area contributed by atoms with Gasteiger partial charge in [-0.05, 0) is 79.9 Å². The van der Waals surface area contributed by atoms with Crippen LogP contribution < -0.4 is 15.4 Å². The Hall–Kier alpha value is -2.07. The molecule has 1 fully saturated rings. The van der Waals surface area contributed by atoms with E-state index in [9.17, 15) is 0 Å². The Morgan fingerprint density at radius 1 is 1.00 bits per heavy atom. The van der Waals surface area contributed by atoms with Gasteiger partial charge in [0, 0.05) is 5.69 Å². The van der Waals surface area contributed by atoms with Crippen molar-refractivity contribution >= 4 is 23.0 Å². The fourth-order valence-electron chi connectivity index (χ4n) is 3.80. The lowest BCUT2D eigenvalue weighted by atomic mass is 9.88. The van der Waals surface area contributed by atoms with Crippen LogP contribution in [0.25, 0.3) is 0 Å². The van der Waals surface area contributed by atoms with E-state index in [0.29, 0.717) is 5.11 Å². The predicted octanol–water partition coefficient (Wildman–Crippen LogP) is 5.07. The van der Waals surface area contributed by atoms with Gasteiger partial charge in [0.15, 0.2) is 5.11 Å². The summed E-state index contributed by atoms with van der Waals surface area (Å²) in [5, 5.41) is 7.66. The van der Waals surface area contributed by atoms with Crippen molar-refractivity contribution < 1.29 is 4.74 Å². The van der Waals surface area contributed by atoms with Crippen LogP contribution in [0.2, 0.25) is 0 Å². The van der Waals surface area contributed by atoms with Crippen molar-refractivity contribution in [1.82, 2.24) is 5.32 Å². The molecule has 3 nitrogen and oxygen atoms in total. The molecule has 2 aromatic rings. The lowest BCUT2D eigenvalue weighted by Gasteiger charge is -2.32. The maximum Gasteiger partial charge on any atom is 0.171 e. The number of hydrogen-bond acceptors (Lipinski definition) is 2. The second-order valence-corrected chi connectivity index (χ2v) is 7.38. The molecule has 0 spiro atoms. The van der Waals surface area contributed by atoms with Crippen LogP contribution >= 0.6 is 12.2 Å². The van der Waals surface area contributed by atoms with Crippen molar-refractivity contribution in [3.8, 4) is 5.75 Å². The van der Waals surface area contributed by atoms with Crippen LogP contribution in [0.4, 0.5) is 5.69 Å². The molecule has 0 unspecified atom stereocenters. The maximum atomic E-state index is 5.63. The quantitative estimate of drug-likeness (QED) is 0.751. The Kier molecular flexibility index (Phi) is 5.28. The largest absolute Gasteiger partial charge is 0.497 e. The molecule has 25 heavy (non-hydrogen) atoms. The first kappa shape index (κ1) is 17.7. The Bertz CT molecular complexity index is 729. The van der Waals surface area contributed by atoms with Gasteiger partial charge in [0.2, 0.25) is 0 Å². The van der Waals surface area contributed by atoms with Crippen molar-refractivity contribution in [3.63, 3.8) is 0 Å². The number of rotatable bonds is 4. The summed E-state index contributed by atoms with van der Waals surface area (Å²) in [4.78, 5) is 0. The lowest BCUT2D eigenvalue weighted by molar-refractivity contribution is 0.401. The third-order valence-corrected chi connectivity index (χ3v) is 5.14. The molecule has 4 heteroatoms. The summed E-state index contributed by atoms with van der Waals surface area (Å²) in [6.07, 6.45) is 4.61. The van der Waals surface area contributed by atoms with Crippen molar-refractivity contribution in [2.24, 2.45) is 0 Å². The Balaban J connectivity index is 1.77. The molecule has 0 heterocycles.